The molecule has 100 valence electrons. The number of carbonyl (C=O) groups excluding carboxylic acids is 1. The van der Waals surface area contributed by atoms with Crippen molar-refractivity contribution in [2.75, 3.05) is 11.9 Å². The quantitative estimate of drug-likeness (QED) is 0.929. The Morgan fingerprint density at radius 3 is 2.74 bits per heavy atom. The first kappa shape index (κ1) is 13.5. The van der Waals surface area contributed by atoms with E-state index in [1.54, 1.807) is 19.1 Å². The van der Waals surface area contributed by atoms with Gasteiger partial charge in [-0.1, -0.05) is 0 Å². The largest absolute Gasteiger partial charge is 0.450 e. The molecule has 0 radical (unpaired) electrons. The number of hydrogen-bond acceptors (Lipinski definition) is 4. The summed E-state index contributed by atoms with van der Waals surface area (Å²) in [5, 5.41) is 3.03. The average Bonchev–Trinajstić information content (AvgIpc) is 2.71. The number of aryl methyl sites for hydroxylation is 1. The fourth-order valence-electron chi connectivity index (χ4n) is 1.58. The van der Waals surface area contributed by atoms with Crippen LogP contribution in [0.2, 0.25) is 0 Å². The Balaban J connectivity index is 2.21. The maximum Gasteiger partial charge on any atom is 0.413 e. The number of nitrogens with zero attached hydrogens (tertiary/aromatic N) is 1. The Labute approximate surface area is 114 Å². The Kier molecular flexibility index (Phi) is 4.11. The Morgan fingerprint density at radius 1 is 1.42 bits per heavy atom. The molecule has 0 spiro atoms. The number of ether oxygens (including phenoxy) is 1. The van der Waals surface area contributed by atoms with Crippen molar-refractivity contribution in [2.24, 2.45) is 0 Å². The van der Waals surface area contributed by atoms with Crippen LogP contribution in [0.5, 0.6) is 0 Å². The third-order valence-electron chi connectivity index (χ3n) is 2.40. The second-order valence-electron chi connectivity index (χ2n) is 3.78. The standard InChI is InChI=1S/C13H13FN2O2S/c1-3-18-13(17)16-12-15-11(8(2)19-12)9-4-6-10(14)7-5-9/h4-7H,3H2,1-2H3,(H,15,16,17). The highest BCUT2D eigenvalue weighted by Gasteiger charge is 2.12. The van der Waals surface area contributed by atoms with Gasteiger partial charge in [0.25, 0.3) is 0 Å². The van der Waals surface area contributed by atoms with Gasteiger partial charge in [0.05, 0.1) is 12.3 Å². The van der Waals surface area contributed by atoms with Crippen LogP contribution in [0.1, 0.15) is 11.8 Å². The Hall–Kier alpha value is -1.95. The van der Waals surface area contributed by atoms with E-state index in [-0.39, 0.29) is 5.82 Å². The van der Waals surface area contributed by atoms with Crippen molar-refractivity contribution in [3.8, 4) is 11.3 Å². The maximum absolute atomic E-state index is 12.9. The molecule has 0 unspecified atom stereocenters. The summed E-state index contributed by atoms with van der Waals surface area (Å²) >= 11 is 1.35. The lowest BCUT2D eigenvalue weighted by Crippen LogP contribution is -2.12. The molecule has 1 aromatic carbocycles. The zero-order chi connectivity index (χ0) is 13.8. The zero-order valence-corrected chi connectivity index (χ0v) is 11.4. The predicted octanol–water partition coefficient (Wildman–Crippen LogP) is 3.83. The van der Waals surface area contributed by atoms with Crippen molar-refractivity contribution in [3.05, 3.63) is 35.0 Å². The summed E-state index contributed by atoms with van der Waals surface area (Å²) in [6.07, 6.45) is -0.526. The lowest BCUT2D eigenvalue weighted by Gasteiger charge is -2.00. The number of nitrogens with one attached hydrogen (secondary N) is 1. The number of rotatable bonds is 3. The van der Waals surface area contributed by atoms with Crippen LogP contribution in [0, 0.1) is 12.7 Å². The van der Waals surface area contributed by atoms with E-state index in [1.807, 2.05) is 6.92 Å². The molecule has 1 aromatic heterocycles. The first-order valence-electron chi connectivity index (χ1n) is 5.77. The van der Waals surface area contributed by atoms with Crippen molar-refractivity contribution < 1.29 is 13.9 Å². The van der Waals surface area contributed by atoms with Gasteiger partial charge < -0.3 is 4.74 Å². The fraction of sp³-hybridized carbons (Fsp3) is 0.231. The molecule has 0 saturated heterocycles. The van der Waals surface area contributed by atoms with Crippen LogP contribution in [0.15, 0.2) is 24.3 Å². The zero-order valence-electron chi connectivity index (χ0n) is 10.6. The van der Waals surface area contributed by atoms with Crippen molar-refractivity contribution in [1.29, 1.82) is 0 Å². The minimum atomic E-state index is -0.526. The first-order chi connectivity index (χ1) is 9.10. The molecule has 0 atom stereocenters. The van der Waals surface area contributed by atoms with Gasteiger partial charge >= 0.3 is 6.09 Å². The highest BCUT2D eigenvalue weighted by atomic mass is 32.1. The van der Waals surface area contributed by atoms with Crippen molar-refractivity contribution >= 4 is 22.6 Å². The minimum absolute atomic E-state index is 0.290. The van der Waals surface area contributed by atoms with E-state index < -0.39 is 6.09 Å². The summed E-state index contributed by atoms with van der Waals surface area (Å²) in [4.78, 5) is 16.6. The number of hydrogen-bond donors (Lipinski definition) is 1. The third kappa shape index (κ3) is 3.29. The van der Waals surface area contributed by atoms with Crippen molar-refractivity contribution in [1.82, 2.24) is 4.98 Å². The predicted molar refractivity (Wildman–Crippen MR) is 72.9 cm³/mol. The minimum Gasteiger partial charge on any atom is -0.450 e. The highest BCUT2D eigenvalue weighted by molar-refractivity contribution is 7.16. The Morgan fingerprint density at radius 2 is 2.11 bits per heavy atom. The van der Waals surface area contributed by atoms with Crippen molar-refractivity contribution in [3.63, 3.8) is 0 Å². The lowest BCUT2D eigenvalue weighted by molar-refractivity contribution is 0.168. The number of anilines is 1. The summed E-state index contributed by atoms with van der Waals surface area (Å²) in [5.74, 6) is -0.290. The van der Waals surface area contributed by atoms with Gasteiger partial charge in [-0.3, -0.25) is 5.32 Å². The lowest BCUT2D eigenvalue weighted by atomic mass is 10.1. The smallest absolute Gasteiger partial charge is 0.413 e. The maximum atomic E-state index is 12.9. The van der Waals surface area contributed by atoms with Crippen LogP contribution >= 0.6 is 11.3 Å². The molecule has 1 heterocycles. The molecule has 19 heavy (non-hydrogen) atoms. The van der Waals surface area contributed by atoms with Gasteiger partial charge in [0.15, 0.2) is 5.13 Å². The molecule has 0 aliphatic carbocycles. The number of benzene rings is 1. The molecule has 0 saturated carbocycles. The molecule has 4 nitrogen and oxygen atoms in total. The van der Waals surface area contributed by atoms with E-state index >= 15 is 0 Å². The summed E-state index contributed by atoms with van der Waals surface area (Å²) in [6, 6.07) is 6.08. The van der Waals surface area contributed by atoms with Crippen LogP contribution in [-0.2, 0) is 4.74 Å². The average molecular weight is 280 g/mol. The summed E-state index contributed by atoms with van der Waals surface area (Å²) in [6.45, 7) is 3.93. The van der Waals surface area contributed by atoms with E-state index in [4.69, 9.17) is 4.74 Å². The molecular weight excluding hydrogens is 267 g/mol. The number of halogens is 1. The fourth-order valence-corrected chi connectivity index (χ4v) is 2.40. The molecule has 2 aromatic rings. The van der Waals surface area contributed by atoms with E-state index in [2.05, 4.69) is 10.3 Å². The van der Waals surface area contributed by atoms with Gasteiger partial charge in [0, 0.05) is 10.4 Å². The van der Waals surface area contributed by atoms with E-state index in [9.17, 15) is 9.18 Å². The van der Waals surface area contributed by atoms with E-state index in [0.29, 0.717) is 11.7 Å². The SMILES string of the molecule is CCOC(=O)Nc1nc(-c2ccc(F)cc2)c(C)s1. The molecule has 6 heteroatoms. The van der Waals surface area contributed by atoms with Gasteiger partial charge in [-0.2, -0.15) is 0 Å². The second-order valence-corrected chi connectivity index (χ2v) is 4.98. The van der Waals surface area contributed by atoms with E-state index in [1.165, 1.54) is 23.5 Å². The van der Waals surface area contributed by atoms with Gasteiger partial charge in [0.1, 0.15) is 5.82 Å². The summed E-state index contributed by atoms with van der Waals surface area (Å²) in [5.41, 5.74) is 1.55. The van der Waals surface area contributed by atoms with Crippen LogP contribution in [0.25, 0.3) is 11.3 Å². The Bertz CT molecular complexity index is 581. The van der Waals surface area contributed by atoms with Crippen LogP contribution in [0.4, 0.5) is 14.3 Å². The number of thiazole rings is 1. The molecule has 1 amide bonds. The van der Waals surface area contributed by atoms with Crippen molar-refractivity contribution in [2.45, 2.75) is 13.8 Å². The summed E-state index contributed by atoms with van der Waals surface area (Å²) < 4.78 is 17.7. The van der Waals surface area contributed by atoms with Crippen LogP contribution < -0.4 is 5.32 Å². The number of aromatic nitrogens is 1. The van der Waals surface area contributed by atoms with Gasteiger partial charge in [-0.05, 0) is 38.1 Å². The van der Waals surface area contributed by atoms with Gasteiger partial charge in [-0.25, -0.2) is 14.2 Å². The molecular formula is C13H13FN2O2S. The highest BCUT2D eigenvalue weighted by Crippen LogP contribution is 2.30. The molecule has 0 aliphatic rings. The summed E-state index contributed by atoms with van der Waals surface area (Å²) in [7, 11) is 0. The number of carbonyl (C=O) groups is 1. The van der Waals surface area contributed by atoms with E-state index in [0.717, 1.165) is 16.1 Å². The van der Waals surface area contributed by atoms with Gasteiger partial charge in [0.2, 0.25) is 0 Å². The second kappa shape index (κ2) is 5.79. The molecule has 0 fully saturated rings. The molecule has 0 aliphatic heterocycles. The topological polar surface area (TPSA) is 51.2 Å². The number of amides is 1. The third-order valence-corrected chi connectivity index (χ3v) is 3.28. The monoisotopic (exact) mass is 280 g/mol. The van der Waals surface area contributed by atoms with Crippen LogP contribution in [-0.4, -0.2) is 17.7 Å². The first-order valence-corrected chi connectivity index (χ1v) is 6.59. The van der Waals surface area contributed by atoms with Gasteiger partial charge in [-0.15, -0.1) is 11.3 Å². The van der Waals surface area contributed by atoms with Crippen LogP contribution in [0.3, 0.4) is 0 Å². The normalized spacial score (nSPS) is 10.3. The molecule has 1 N–H and O–H groups in total. The molecule has 0 bridgehead atoms. The molecule has 2 rings (SSSR count).